The predicted molar refractivity (Wildman–Crippen MR) is 106 cm³/mol. The minimum atomic E-state index is -3.68. The van der Waals surface area contributed by atoms with Gasteiger partial charge in [0.15, 0.2) is 5.11 Å². The van der Waals surface area contributed by atoms with Gasteiger partial charge in [0.05, 0.1) is 10.9 Å². The Kier molecular flexibility index (Phi) is 6.16. The Morgan fingerprint density at radius 1 is 1.24 bits per heavy atom. The Labute approximate surface area is 154 Å². The van der Waals surface area contributed by atoms with Crippen molar-refractivity contribution >= 4 is 33.0 Å². The molecule has 1 atom stereocenters. The van der Waals surface area contributed by atoms with Crippen molar-refractivity contribution in [1.82, 2.24) is 4.90 Å². The fraction of sp³-hybridized carbons (Fsp3) is 0.278. The zero-order valence-corrected chi connectivity index (χ0v) is 16.2. The van der Waals surface area contributed by atoms with E-state index >= 15 is 0 Å². The highest BCUT2D eigenvalue weighted by atomic mass is 32.2. The van der Waals surface area contributed by atoms with E-state index < -0.39 is 10.0 Å². The quantitative estimate of drug-likeness (QED) is 0.782. The summed E-state index contributed by atoms with van der Waals surface area (Å²) in [6, 6.07) is 14.6. The molecule has 0 heterocycles. The van der Waals surface area contributed by atoms with Gasteiger partial charge in [-0.05, 0) is 61.0 Å². The number of nitrogens with one attached hydrogen (secondary N) is 1. The first-order chi connectivity index (χ1) is 11.7. The SMILES string of the molecule is CCc1cccc(NC(=S)N(C)[C@@H](C)c2ccc(S(N)(=O)=O)cc2)c1. The summed E-state index contributed by atoms with van der Waals surface area (Å²) in [5.41, 5.74) is 3.14. The summed E-state index contributed by atoms with van der Waals surface area (Å²) < 4.78 is 22.7. The number of benzene rings is 2. The highest BCUT2D eigenvalue weighted by Gasteiger charge is 2.16. The van der Waals surface area contributed by atoms with E-state index in [2.05, 4.69) is 24.4 Å². The minimum Gasteiger partial charge on any atom is -0.345 e. The first-order valence-corrected chi connectivity index (χ1v) is 9.93. The largest absolute Gasteiger partial charge is 0.345 e. The van der Waals surface area contributed by atoms with Crippen LogP contribution in [-0.2, 0) is 16.4 Å². The molecular weight excluding hydrogens is 354 g/mol. The molecule has 2 aromatic rings. The maximum Gasteiger partial charge on any atom is 0.238 e. The maximum atomic E-state index is 11.3. The molecule has 0 saturated carbocycles. The third kappa shape index (κ3) is 5.01. The van der Waals surface area contributed by atoms with Crippen LogP contribution in [0.25, 0.3) is 0 Å². The molecule has 0 unspecified atom stereocenters. The Morgan fingerprint density at radius 2 is 1.88 bits per heavy atom. The second-order valence-electron chi connectivity index (χ2n) is 5.89. The van der Waals surface area contributed by atoms with Crippen LogP contribution in [0.1, 0.15) is 31.0 Å². The number of hydrogen-bond donors (Lipinski definition) is 2. The van der Waals surface area contributed by atoms with Gasteiger partial charge >= 0.3 is 0 Å². The van der Waals surface area contributed by atoms with Crippen LogP contribution in [-0.4, -0.2) is 25.5 Å². The van der Waals surface area contributed by atoms with Crippen LogP contribution >= 0.6 is 12.2 Å². The van der Waals surface area contributed by atoms with Crippen molar-refractivity contribution in [2.75, 3.05) is 12.4 Å². The standard InChI is InChI=1S/C18H23N3O2S2/c1-4-14-6-5-7-16(12-14)20-18(24)21(3)13(2)15-8-10-17(11-9-15)25(19,22)23/h5-13H,4H2,1-3H3,(H,20,24)(H2,19,22,23)/t13-/m0/s1. The molecular formula is C18H23N3O2S2. The van der Waals surface area contributed by atoms with Crippen LogP contribution in [0.4, 0.5) is 5.69 Å². The molecule has 0 saturated heterocycles. The van der Waals surface area contributed by atoms with Gasteiger partial charge in [0.2, 0.25) is 10.0 Å². The van der Waals surface area contributed by atoms with Crippen molar-refractivity contribution in [3.8, 4) is 0 Å². The molecule has 7 heteroatoms. The Morgan fingerprint density at radius 3 is 2.44 bits per heavy atom. The first kappa shape index (κ1) is 19.4. The number of sulfonamides is 1. The summed E-state index contributed by atoms with van der Waals surface area (Å²) in [5.74, 6) is 0. The van der Waals surface area contributed by atoms with E-state index in [0.29, 0.717) is 5.11 Å². The molecule has 0 aliphatic heterocycles. The summed E-state index contributed by atoms with van der Waals surface area (Å²) in [4.78, 5) is 2.03. The van der Waals surface area contributed by atoms with E-state index in [4.69, 9.17) is 17.4 Å². The van der Waals surface area contributed by atoms with Crippen LogP contribution in [0.2, 0.25) is 0 Å². The average molecular weight is 378 g/mol. The molecule has 5 nitrogen and oxygen atoms in total. The number of anilines is 1. The second-order valence-corrected chi connectivity index (χ2v) is 7.83. The summed E-state index contributed by atoms with van der Waals surface area (Å²) in [6.45, 7) is 4.11. The van der Waals surface area contributed by atoms with Gasteiger partial charge < -0.3 is 10.2 Å². The summed E-state index contributed by atoms with van der Waals surface area (Å²) in [6.07, 6.45) is 0.963. The lowest BCUT2D eigenvalue weighted by molar-refractivity contribution is 0.408. The van der Waals surface area contributed by atoms with Crippen molar-refractivity contribution in [1.29, 1.82) is 0 Å². The zero-order chi connectivity index (χ0) is 18.6. The van der Waals surface area contributed by atoms with Crippen LogP contribution in [0.5, 0.6) is 0 Å². The number of nitrogens with two attached hydrogens (primary N) is 1. The molecule has 0 radical (unpaired) electrons. The van der Waals surface area contributed by atoms with Crippen LogP contribution in [0, 0.1) is 0 Å². The third-order valence-electron chi connectivity index (χ3n) is 4.18. The fourth-order valence-corrected chi connectivity index (χ4v) is 3.21. The Bertz CT molecular complexity index is 849. The van der Waals surface area contributed by atoms with E-state index in [1.54, 1.807) is 12.1 Å². The van der Waals surface area contributed by atoms with Crippen molar-refractivity contribution in [3.63, 3.8) is 0 Å². The van der Waals surface area contributed by atoms with E-state index in [1.807, 2.05) is 31.0 Å². The van der Waals surface area contributed by atoms with Crippen LogP contribution in [0.15, 0.2) is 53.4 Å². The normalized spacial score (nSPS) is 12.5. The Hall–Kier alpha value is -1.96. The monoisotopic (exact) mass is 377 g/mol. The van der Waals surface area contributed by atoms with Gasteiger partial charge in [-0.25, -0.2) is 13.6 Å². The lowest BCUT2D eigenvalue weighted by atomic mass is 10.1. The second kappa shape index (κ2) is 7.95. The van der Waals surface area contributed by atoms with E-state index in [9.17, 15) is 8.42 Å². The van der Waals surface area contributed by atoms with Crippen LogP contribution < -0.4 is 10.5 Å². The van der Waals surface area contributed by atoms with E-state index in [-0.39, 0.29) is 10.9 Å². The molecule has 0 aliphatic rings. The molecule has 0 fully saturated rings. The Balaban J connectivity index is 2.10. The molecule has 2 rings (SSSR count). The molecule has 0 aliphatic carbocycles. The molecule has 0 aromatic heterocycles. The molecule has 3 N–H and O–H groups in total. The van der Waals surface area contributed by atoms with Crippen molar-refractivity contribution in [3.05, 3.63) is 59.7 Å². The van der Waals surface area contributed by atoms with Gasteiger partial charge in [-0.2, -0.15) is 0 Å². The maximum absolute atomic E-state index is 11.3. The molecule has 134 valence electrons. The highest BCUT2D eigenvalue weighted by Crippen LogP contribution is 2.22. The molecule has 0 bridgehead atoms. The number of nitrogens with zero attached hydrogens (tertiary/aromatic N) is 1. The van der Waals surface area contributed by atoms with Gasteiger partial charge in [0.25, 0.3) is 0 Å². The predicted octanol–water partition coefficient (Wildman–Crippen LogP) is 3.29. The summed E-state index contributed by atoms with van der Waals surface area (Å²) in [7, 11) is -1.78. The number of primary sulfonamides is 1. The molecule has 2 aromatic carbocycles. The van der Waals surface area contributed by atoms with Crippen molar-refractivity contribution in [2.24, 2.45) is 5.14 Å². The number of aryl methyl sites for hydroxylation is 1. The van der Waals surface area contributed by atoms with Gasteiger partial charge in [-0.3, -0.25) is 0 Å². The number of thiocarbonyl (C=S) groups is 1. The summed E-state index contributed by atoms with van der Waals surface area (Å²) in [5, 5.41) is 8.97. The van der Waals surface area contributed by atoms with Gasteiger partial charge in [-0.15, -0.1) is 0 Å². The summed E-state index contributed by atoms with van der Waals surface area (Å²) >= 11 is 5.50. The molecule has 25 heavy (non-hydrogen) atoms. The molecule has 0 spiro atoms. The molecule has 0 amide bonds. The lowest BCUT2D eigenvalue weighted by Gasteiger charge is -2.28. The third-order valence-corrected chi connectivity index (χ3v) is 5.50. The topological polar surface area (TPSA) is 75.4 Å². The zero-order valence-electron chi connectivity index (χ0n) is 14.6. The van der Waals surface area contributed by atoms with Crippen LogP contribution in [0.3, 0.4) is 0 Å². The number of hydrogen-bond acceptors (Lipinski definition) is 3. The van der Waals surface area contributed by atoms with Crippen molar-refractivity contribution in [2.45, 2.75) is 31.2 Å². The lowest BCUT2D eigenvalue weighted by Crippen LogP contribution is -2.33. The van der Waals surface area contributed by atoms with Gasteiger partial charge in [0, 0.05) is 12.7 Å². The average Bonchev–Trinajstić information content (AvgIpc) is 2.60. The van der Waals surface area contributed by atoms with Crippen molar-refractivity contribution < 1.29 is 8.42 Å². The highest BCUT2D eigenvalue weighted by molar-refractivity contribution is 7.89. The fourth-order valence-electron chi connectivity index (χ4n) is 2.42. The van der Waals surface area contributed by atoms with Gasteiger partial charge in [0.1, 0.15) is 0 Å². The first-order valence-electron chi connectivity index (χ1n) is 7.98. The van der Waals surface area contributed by atoms with Gasteiger partial charge in [-0.1, -0.05) is 31.2 Å². The van der Waals surface area contributed by atoms with E-state index in [0.717, 1.165) is 17.7 Å². The minimum absolute atomic E-state index is 0.0242. The smallest absolute Gasteiger partial charge is 0.238 e. The van der Waals surface area contributed by atoms with E-state index in [1.165, 1.54) is 17.7 Å². The number of rotatable bonds is 5.